The highest BCUT2D eigenvalue weighted by Crippen LogP contribution is 2.21. The molecular formula is C23H27N3O4S. The molecule has 0 bridgehead atoms. The fraction of sp³-hybridized carbons (Fsp3) is 0.391. The van der Waals surface area contributed by atoms with Gasteiger partial charge in [-0.05, 0) is 48.9 Å². The van der Waals surface area contributed by atoms with E-state index in [-0.39, 0.29) is 30.4 Å². The summed E-state index contributed by atoms with van der Waals surface area (Å²) in [6, 6.07) is 18.0. The van der Waals surface area contributed by atoms with E-state index in [2.05, 4.69) is 4.72 Å². The molecule has 31 heavy (non-hydrogen) atoms. The molecule has 164 valence electrons. The number of carbonyl (C=O) groups is 1. The smallest absolute Gasteiger partial charge is 0.410 e. The summed E-state index contributed by atoms with van der Waals surface area (Å²) in [5, 5.41) is 8.88. The van der Waals surface area contributed by atoms with Gasteiger partial charge in [0.15, 0.2) is 0 Å². The highest BCUT2D eigenvalue weighted by Gasteiger charge is 2.28. The van der Waals surface area contributed by atoms with Gasteiger partial charge in [0.2, 0.25) is 10.0 Å². The maximum atomic E-state index is 12.6. The van der Waals surface area contributed by atoms with Gasteiger partial charge >= 0.3 is 6.09 Å². The van der Waals surface area contributed by atoms with Crippen LogP contribution in [0.1, 0.15) is 42.5 Å². The molecule has 1 amide bonds. The van der Waals surface area contributed by atoms with Crippen LogP contribution in [0.15, 0.2) is 54.6 Å². The largest absolute Gasteiger partial charge is 0.445 e. The van der Waals surface area contributed by atoms with Gasteiger partial charge in [-0.15, -0.1) is 0 Å². The standard InChI is InChI=1S/C23H27N3O4S/c1-18(22-9-7-19(15-24)8-10-22)25-31(28,29)17-21-11-13-26(14-12-21)23(27)30-16-20-5-3-2-4-6-20/h2-10,18,21,25H,11-14,16-17H2,1H3. The average molecular weight is 442 g/mol. The van der Waals surface area contributed by atoms with Crippen molar-refractivity contribution in [2.24, 2.45) is 5.92 Å². The maximum absolute atomic E-state index is 12.6. The zero-order valence-corrected chi connectivity index (χ0v) is 18.3. The van der Waals surface area contributed by atoms with Gasteiger partial charge in [-0.25, -0.2) is 17.9 Å². The van der Waals surface area contributed by atoms with Crippen LogP contribution in [0.3, 0.4) is 0 Å². The summed E-state index contributed by atoms with van der Waals surface area (Å²) in [4.78, 5) is 13.9. The molecule has 7 nitrogen and oxygen atoms in total. The first-order valence-corrected chi connectivity index (χ1v) is 12.0. The quantitative estimate of drug-likeness (QED) is 0.708. The number of piperidine rings is 1. The Morgan fingerprint density at radius 1 is 1.16 bits per heavy atom. The molecule has 1 unspecified atom stereocenters. The Morgan fingerprint density at radius 3 is 2.42 bits per heavy atom. The maximum Gasteiger partial charge on any atom is 0.410 e. The van der Waals surface area contributed by atoms with E-state index < -0.39 is 10.0 Å². The van der Waals surface area contributed by atoms with Crippen molar-refractivity contribution in [3.8, 4) is 6.07 Å². The van der Waals surface area contributed by atoms with Crippen LogP contribution in [0.4, 0.5) is 4.79 Å². The second-order valence-corrected chi connectivity index (χ2v) is 9.62. The van der Waals surface area contributed by atoms with Crippen molar-refractivity contribution in [1.82, 2.24) is 9.62 Å². The van der Waals surface area contributed by atoms with Gasteiger partial charge in [0.1, 0.15) is 6.61 Å². The van der Waals surface area contributed by atoms with Crippen molar-refractivity contribution in [2.75, 3.05) is 18.8 Å². The third kappa shape index (κ3) is 6.81. The van der Waals surface area contributed by atoms with Crippen LogP contribution in [-0.2, 0) is 21.4 Å². The SMILES string of the molecule is CC(NS(=O)(=O)CC1CCN(C(=O)OCc2ccccc2)CC1)c1ccc(C#N)cc1. The summed E-state index contributed by atoms with van der Waals surface area (Å²) >= 11 is 0. The molecule has 0 spiro atoms. The fourth-order valence-electron chi connectivity index (χ4n) is 3.63. The zero-order chi connectivity index (χ0) is 22.3. The molecule has 3 rings (SSSR count). The van der Waals surface area contributed by atoms with Crippen molar-refractivity contribution >= 4 is 16.1 Å². The van der Waals surface area contributed by atoms with Crippen molar-refractivity contribution in [2.45, 2.75) is 32.4 Å². The summed E-state index contributed by atoms with van der Waals surface area (Å²) < 4.78 is 33.3. The second-order valence-electron chi connectivity index (χ2n) is 7.83. The van der Waals surface area contributed by atoms with E-state index in [4.69, 9.17) is 10.00 Å². The van der Waals surface area contributed by atoms with Crippen molar-refractivity contribution in [1.29, 1.82) is 5.26 Å². The Balaban J connectivity index is 1.44. The summed E-state index contributed by atoms with van der Waals surface area (Å²) in [5.74, 6) is 0.0180. The number of hydrogen-bond acceptors (Lipinski definition) is 5. The molecular weight excluding hydrogens is 414 g/mol. The van der Waals surface area contributed by atoms with E-state index in [0.717, 1.165) is 11.1 Å². The van der Waals surface area contributed by atoms with Crippen LogP contribution in [-0.4, -0.2) is 38.3 Å². The van der Waals surface area contributed by atoms with E-state index in [1.54, 1.807) is 36.1 Å². The number of ether oxygens (including phenoxy) is 1. The molecule has 2 aromatic rings. The van der Waals surface area contributed by atoms with Crippen LogP contribution in [0.2, 0.25) is 0 Å². The molecule has 1 aliphatic rings. The van der Waals surface area contributed by atoms with Gasteiger partial charge in [0.05, 0.1) is 17.4 Å². The van der Waals surface area contributed by atoms with E-state index in [1.165, 1.54) is 0 Å². The first-order valence-electron chi connectivity index (χ1n) is 10.3. The molecule has 1 atom stereocenters. The number of hydrogen-bond donors (Lipinski definition) is 1. The Kier molecular flexibility index (Phi) is 7.66. The third-order valence-electron chi connectivity index (χ3n) is 5.43. The average Bonchev–Trinajstić information content (AvgIpc) is 2.78. The van der Waals surface area contributed by atoms with Crippen molar-refractivity contribution in [3.63, 3.8) is 0 Å². The van der Waals surface area contributed by atoms with Gasteiger partial charge in [-0.3, -0.25) is 0 Å². The number of nitrogens with zero attached hydrogens (tertiary/aromatic N) is 2. The van der Waals surface area contributed by atoms with Gasteiger partial charge in [0, 0.05) is 19.1 Å². The molecule has 0 radical (unpaired) electrons. The molecule has 1 N–H and O–H groups in total. The van der Waals surface area contributed by atoms with E-state index in [9.17, 15) is 13.2 Å². The van der Waals surface area contributed by atoms with E-state index >= 15 is 0 Å². The normalized spacial score (nSPS) is 15.8. The lowest BCUT2D eigenvalue weighted by Gasteiger charge is -2.31. The number of rotatable bonds is 7. The van der Waals surface area contributed by atoms with Crippen LogP contribution in [0.25, 0.3) is 0 Å². The minimum absolute atomic E-state index is 0.0103. The van der Waals surface area contributed by atoms with Crippen LogP contribution >= 0.6 is 0 Å². The Morgan fingerprint density at radius 2 is 1.81 bits per heavy atom. The minimum atomic E-state index is -3.48. The van der Waals surface area contributed by atoms with Crippen molar-refractivity contribution < 1.29 is 17.9 Å². The number of nitriles is 1. The van der Waals surface area contributed by atoms with Crippen molar-refractivity contribution in [3.05, 3.63) is 71.3 Å². The van der Waals surface area contributed by atoms with Gasteiger partial charge < -0.3 is 9.64 Å². The monoisotopic (exact) mass is 441 g/mol. The molecule has 1 heterocycles. The van der Waals surface area contributed by atoms with Crippen LogP contribution in [0, 0.1) is 17.2 Å². The molecule has 0 aliphatic carbocycles. The molecule has 1 fully saturated rings. The molecule has 1 aliphatic heterocycles. The number of likely N-dealkylation sites (tertiary alicyclic amines) is 1. The summed E-state index contributed by atoms with van der Waals surface area (Å²) in [7, 11) is -3.48. The Labute approximate surface area is 183 Å². The first-order chi connectivity index (χ1) is 14.9. The fourth-order valence-corrected chi connectivity index (χ4v) is 5.36. The highest BCUT2D eigenvalue weighted by atomic mass is 32.2. The Hall–Kier alpha value is -2.89. The van der Waals surface area contributed by atoms with Crippen LogP contribution in [0.5, 0.6) is 0 Å². The topological polar surface area (TPSA) is 99.5 Å². The summed E-state index contributed by atoms with van der Waals surface area (Å²) in [6.45, 7) is 2.98. The number of carbonyl (C=O) groups excluding carboxylic acids is 1. The van der Waals surface area contributed by atoms with Gasteiger partial charge in [-0.2, -0.15) is 5.26 Å². The van der Waals surface area contributed by atoms with Crippen LogP contribution < -0.4 is 4.72 Å². The third-order valence-corrected chi connectivity index (χ3v) is 7.05. The number of benzene rings is 2. The van der Waals surface area contributed by atoms with Gasteiger partial charge in [-0.1, -0.05) is 42.5 Å². The highest BCUT2D eigenvalue weighted by molar-refractivity contribution is 7.89. The summed E-state index contributed by atoms with van der Waals surface area (Å²) in [6.07, 6.45) is 0.872. The zero-order valence-electron chi connectivity index (χ0n) is 17.5. The predicted octanol–water partition coefficient (Wildman–Crippen LogP) is 3.59. The molecule has 1 saturated heterocycles. The molecule has 0 aromatic heterocycles. The number of amides is 1. The lowest BCUT2D eigenvalue weighted by molar-refractivity contribution is 0.0839. The molecule has 0 saturated carbocycles. The Bertz CT molecular complexity index is 1010. The summed E-state index contributed by atoms with van der Waals surface area (Å²) in [5.41, 5.74) is 2.27. The van der Waals surface area contributed by atoms with E-state index in [1.807, 2.05) is 36.4 Å². The van der Waals surface area contributed by atoms with E-state index in [0.29, 0.717) is 31.5 Å². The van der Waals surface area contributed by atoms with Gasteiger partial charge in [0.25, 0.3) is 0 Å². The number of nitrogens with one attached hydrogen (secondary N) is 1. The minimum Gasteiger partial charge on any atom is -0.445 e. The molecule has 8 heteroatoms. The lowest BCUT2D eigenvalue weighted by Crippen LogP contribution is -2.41. The lowest BCUT2D eigenvalue weighted by atomic mass is 9.99. The number of sulfonamides is 1. The second kappa shape index (κ2) is 10.4. The first kappa shape index (κ1) is 22.8. The molecule has 2 aromatic carbocycles. The predicted molar refractivity (Wildman–Crippen MR) is 117 cm³/mol.